The summed E-state index contributed by atoms with van der Waals surface area (Å²) in [5.41, 5.74) is -1.30. The zero-order valence-electron chi connectivity index (χ0n) is 18.0. The van der Waals surface area contributed by atoms with Gasteiger partial charge in [-0.15, -0.1) is 0 Å². The second-order valence-corrected chi connectivity index (χ2v) is 11.9. The summed E-state index contributed by atoms with van der Waals surface area (Å²) in [7, 11) is -1.02. The van der Waals surface area contributed by atoms with E-state index in [-0.39, 0.29) is 34.4 Å². The standard InChI is InChI=1S/C19H39N2O4P/c1-16(2)10-14(11-17(3,4)20(16)22)24-26(9)25-15-12-18(5,6)21(23)19(7,8)13-15/h14-15,22-23H,10-13H2,1-9H3. The van der Waals surface area contributed by atoms with Gasteiger partial charge < -0.3 is 19.5 Å². The van der Waals surface area contributed by atoms with Crippen molar-refractivity contribution in [3.05, 3.63) is 0 Å². The number of hydrogen-bond donors (Lipinski definition) is 2. The Bertz CT molecular complexity index is 430. The molecular weight excluding hydrogens is 351 g/mol. The van der Waals surface area contributed by atoms with E-state index < -0.39 is 8.38 Å². The van der Waals surface area contributed by atoms with E-state index in [4.69, 9.17) is 9.05 Å². The van der Waals surface area contributed by atoms with Crippen molar-refractivity contribution < 1.29 is 19.5 Å². The van der Waals surface area contributed by atoms with Crippen LogP contribution in [0.3, 0.4) is 0 Å². The molecule has 2 aliphatic rings. The fraction of sp³-hybridized carbons (Fsp3) is 1.00. The van der Waals surface area contributed by atoms with Gasteiger partial charge in [-0.2, -0.15) is 10.1 Å². The van der Waals surface area contributed by atoms with Gasteiger partial charge in [0.2, 0.25) is 0 Å². The Kier molecular flexibility index (Phi) is 6.24. The van der Waals surface area contributed by atoms with Crippen molar-refractivity contribution in [3.63, 3.8) is 0 Å². The lowest BCUT2D eigenvalue weighted by atomic mass is 9.80. The summed E-state index contributed by atoms with van der Waals surface area (Å²) in [6.45, 7) is 18.4. The molecule has 0 bridgehead atoms. The first-order valence-electron chi connectivity index (χ1n) is 9.63. The Balaban J connectivity index is 1.98. The van der Waals surface area contributed by atoms with E-state index in [9.17, 15) is 10.4 Å². The summed E-state index contributed by atoms with van der Waals surface area (Å²) in [6.07, 6.45) is 3.23. The molecule has 0 aromatic heterocycles. The first-order chi connectivity index (χ1) is 11.6. The van der Waals surface area contributed by atoms with Gasteiger partial charge in [0.15, 0.2) is 8.38 Å². The Morgan fingerprint density at radius 2 is 0.885 bits per heavy atom. The van der Waals surface area contributed by atoms with Crippen molar-refractivity contribution in [1.82, 2.24) is 10.1 Å². The minimum absolute atomic E-state index is 0.0680. The molecule has 2 saturated heterocycles. The number of piperidine rings is 2. The molecule has 26 heavy (non-hydrogen) atoms. The van der Waals surface area contributed by atoms with Crippen LogP contribution in [0.4, 0.5) is 0 Å². The summed E-state index contributed by atoms with van der Waals surface area (Å²) in [4.78, 5) is 0. The maximum Gasteiger partial charge on any atom is 0.167 e. The van der Waals surface area contributed by atoms with Crippen LogP contribution in [0.15, 0.2) is 0 Å². The molecule has 0 aromatic carbocycles. The molecule has 2 aliphatic heterocycles. The molecule has 2 heterocycles. The summed E-state index contributed by atoms with van der Waals surface area (Å²) in [5.74, 6) is 0. The Morgan fingerprint density at radius 3 is 1.12 bits per heavy atom. The quantitative estimate of drug-likeness (QED) is 0.673. The molecular formula is C19H39N2O4P. The van der Waals surface area contributed by atoms with Crippen LogP contribution in [-0.2, 0) is 9.05 Å². The lowest BCUT2D eigenvalue weighted by Crippen LogP contribution is -2.60. The molecule has 154 valence electrons. The van der Waals surface area contributed by atoms with Gasteiger partial charge in [-0.25, -0.2) is 0 Å². The van der Waals surface area contributed by atoms with Gasteiger partial charge in [0.05, 0.1) is 12.2 Å². The van der Waals surface area contributed by atoms with E-state index in [0.29, 0.717) is 0 Å². The van der Waals surface area contributed by atoms with Crippen molar-refractivity contribution >= 4 is 8.38 Å². The van der Waals surface area contributed by atoms with Gasteiger partial charge in [-0.05, 0) is 81.1 Å². The van der Waals surface area contributed by atoms with Gasteiger partial charge in [-0.1, -0.05) is 0 Å². The minimum Gasteiger partial charge on any atom is -0.331 e. The van der Waals surface area contributed by atoms with E-state index >= 15 is 0 Å². The third-order valence-electron chi connectivity index (χ3n) is 5.80. The van der Waals surface area contributed by atoms with Crippen LogP contribution in [0.5, 0.6) is 0 Å². The maximum absolute atomic E-state index is 10.4. The Labute approximate surface area is 160 Å². The molecule has 2 rings (SSSR count). The largest absolute Gasteiger partial charge is 0.331 e. The number of hydroxylamine groups is 4. The van der Waals surface area contributed by atoms with Crippen molar-refractivity contribution in [2.75, 3.05) is 6.66 Å². The van der Waals surface area contributed by atoms with Gasteiger partial charge in [0.25, 0.3) is 0 Å². The van der Waals surface area contributed by atoms with Gasteiger partial charge in [0, 0.05) is 28.8 Å². The topological polar surface area (TPSA) is 65.4 Å². The minimum atomic E-state index is -1.02. The Hall–Kier alpha value is 0.190. The van der Waals surface area contributed by atoms with Crippen LogP contribution in [0, 0.1) is 0 Å². The molecule has 0 atom stereocenters. The summed E-state index contributed by atoms with van der Waals surface area (Å²) in [5, 5.41) is 23.8. The lowest BCUT2D eigenvalue weighted by Gasteiger charge is -2.52. The number of rotatable bonds is 4. The highest BCUT2D eigenvalue weighted by Crippen LogP contribution is 2.48. The van der Waals surface area contributed by atoms with E-state index in [1.165, 1.54) is 10.1 Å². The van der Waals surface area contributed by atoms with Crippen molar-refractivity contribution in [1.29, 1.82) is 0 Å². The van der Waals surface area contributed by atoms with E-state index in [0.717, 1.165) is 25.7 Å². The molecule has 0 unspecified atom stereocenters. The normalized spacial score (nSPS) is 30.0. The summed E-state index contributed by atoms with van der Waals surface area (Å²) in [6, 6.07) is 0. The predicted molar refractivity (Wildman–Crippen MR) is 105 cm³/mol. The van der Waals surface area contributed by atoms with Crippen LogP contribution < -0.4 is 0 Å². The van der Waals surface area contributed by atoms with Crippen LogP contribution >= 0.6 is 8.38 Å². The number of hydrogen-bond acceptors (Lipinski definition) is 6. The van der Waals surface area contributed by atoms with Crippen LogP contribution in [-0.4, -0.2) is 61.6 Å². The van der Waals surface area contributed by atoms with Gasteiger partial charge >= 0.3 is 0 Å². The second kappa shape index (κ2) is 7.22. The fourth-order valence-corrected chi connectivity index (χ4v) is 6.14. The van der Waals surface area contributed by atoms with Crippen molar-refractivity contribution in [3.8, 4) is 0 Å². The third-order valence-corrected chi connectivity index (χ3v) is 6.99. The Morgan fingerprint density at radius 1 is 0.654 bits per heavy atom. The smallest absolute Gasteiger partial charge is 0.167 e. The summed E-state index contributed by atoms with van der Waals surface area (Å²) >= 11 is 0. The molecule has 2 fully saturated rings. The fourth-order valence-electron chi connectivity index (χ4n) is 4.95. The SMILES string of the molecule is CP(OC1CC(C)(C)N(O)C(C)(C)C1)OC1CC(C)(C)N(O)C(C)(C)C1. The van der Waals surface area contributed by atoms with Crippen molar-refractivity contribution in [2.24, 2.45) is 0 Å². The molecule has 7 heteroatoms. The first kappa shape index (κ1) is 22.5. The molecule has 0 aliphatic carbocycles. The highest BCUT2D eigenvalue weighted by Gasteiger charge is 2.48. The molecule has 6 nitrogen and oxygen atoms in total. The van der Waals surface area contributed by atoms with E-state index in [1.807, 2.05) is 62.1 Å². The van der Waals surface area contributed by atoms with Crippen molar-refractivity contribution in [2.45, 2.75) is 115 Å². The molecule has 0 radical (unpaired) electrons. The van der Waals surface area contributed by atoms with E-state index in [1.54, 1.807) is 0 Å². The van der Waals surface area contributed by atoms with Crippen LogP contribution in [0.1, 0.15) is 81.1 Å². The predicted octanol–water partition coefficient (Wildman–Crippen LogP) is 4.78. The monoisotopic (exact) mass is 390 g/mol. The third kappa shape index (κ3) is 4.78. The first-order valence-corrected chi connectivity index (χ1v) is 11.3. The van der Waals surface area contributed by atoms with Gasteiger partial charge in [-0.3, -0.25) is 0 Å². The molecule has 0 amide bonds. The average Bonchev–Trinajstić information content (AvgIpc) is 2.40. The highest BCUT2D eigenvalue weighted by molar-refractivity contribution is 7.46. The molecule has 2 N–H and O–H groups in total. The average molecular weight is 391 g/mol. The molecule has 0 saturated carbocycles. The lowest BCUT2D eigenvalue weighted by molar-refractivity contribution is -0.257. The summed E-state index contributed by atoms with van der Waals surface area (Å²) < 4.78 is 12.6. The van der Waals surface area contributed by atoms with Crippen LogP contribution in [0.25, 0.3) is 0 Å². The molecule has 0 spiro atoms. The zero-order chi connectivity index (χ0) is 20.1. The zero-order valence-corrected chi connectivity index (χ0v) is 18.9. The number of nitrogens with zero attached hydrogens (tertiary/aromatic N) is 2. The van der Waals surface area contributed by atoms with Gasteiger partial charge in [0.1, 0.15) is 0 Å². The molecule has 0 aromatic rings. The highest BCUT2D eigenvalue weighted by atomic mass is 31.2. The maximum atomic E-state index is 10.4. The second-order valence-electron chi connectivity index (χ2n) is 10.6. The van der Waals surface area contributed by atoms with E-state index in [2.05, 4.69) is 0 Å². The van der Waals surface area contributed by atoms with Crippen LogP contribution in [0.2, 0.25) is 0 Å².